The molecule has 0 bridgehead atoms. The van der Waals surface area contributed by atoms with E-state index in [4.69, 9.17) is 4.42 Å². The minimum atomic E-state index is -0.00225. The zero-order chi connectivity index (χ0) is 19.8. The van der Waals surface area contributed by atoms with E-state index in [-0.39, 0.29) is 5.91 Å². The number of nitrogens with zero attached hydrogens (tertiary/aromatic N) is 4. The fourth-order valence-corrected chi connectivity index (χ4v) is 3.64. The molecule has 0 aliphatic carbocycles. The molecule has 0 saturated heterocycles. The van der Waals surface area contributed by atoms with E-state index in [9.17, 15) is 4.79 Å². The van der Waals surface area contributed by atoms with E-state index < -0.39 is 0 Å². The Bertz CT molecular complexity index is 864. The normalized spacial score (nSPS) is 10.8. The number of para-hydroxylation sites is 1. The highest BCUT2D eigenvalue weighted by Crippen LogP contribution is 2.24. The molecular formula is C20H25N5O2S. The molecular weight excluding hydrogens is 374 g/mol. The number of aromatic nitrogens is 3. The topological polar surface area (TPSA) is 76.2 Å². The molecule has 2 aromatic heterocycles. The Hall–Kier alpha value is -2.74. The van der Waals surface area contributed by atoms with E-state index in [2.05, 4.69) is 39.6 Å². The Morgan fingerprint density at radius 3 is 2.75 bits per heavy atom. The van der Waals surface area contributed by atoms with Gasteiger partial charge in [-0.05, 0) is 37.6 Å². The standard InChI is InChI=1S/C20H25N5O2S/c1-3-25-19(17-11-7-14-27-17)22-23-20(25)28-15-18(26)21-12-8-13-24(2)16-9-5-4-6-10-16/h4-7,9-11,14H,3,8,12-13,15H2,1-2H3,(H,21,26). The number of carbonyl (C=O) groups is 1. The Morgan fingerprint density at radius 2 is 2.04 bits per heavy atom. The Morgan fingerprint density at radius 1 is 1.21 bits per heavy atom. The van der Waals surface area contributed by atoms with Crippen LogP contribution in [0.3, 0.4) is 0 Å². The van der Waals surface area contributed by atoms with Gasteiger partial charge in [-0.2, -0.15) is 0 Å². The summed E-state index contributed by atoms with van der Waals surface area (Å²) in [5.41, 5.74) is 1.18. The van der Waals surface area contributed by atoms with E-state index in [0.717, 1.165) is 13.0 Å². The molecule has 1 aromatic carbocycles. The smallest absolute Gasteiger partial charge is 0.230 e. The second kappa shape index (κ2) is 9.98. The van der Waals surface area contributed by atoms with Gasteiger partial charge in [-0.1, -0.05) is 30.0 Å². The molecule has 0 atom stereocenters. The third-order valence-corrected chi connectivity index (χ3v) is 5.26. The second-order valence-corrected chi connectivity index (χ2v) is 7.22. The van der Waals surface area contributed by atoms with Gasteiger partial charge in [0.05, 0.1) is 12.0 Å². The number of hydrogen-bond donors (Lipinski definition) is 1. The molecule has 148 valence electrons. The molecule has 3 aromatic rings. The lowest BCUT2D eigenvalue weighted by molar-refractivity contribution is -0.118. The number of hydrogen-bond acceptors (Lipinski definition) is 6. The number of carbonyl (C=O) groups excluding carboxylic acids is 1. The lowest BCUT2D eigenvalue weighted by Crippen LogP contribution is -2.29. The molecule has 0 saturated carbocycles. The van der Waals surface area contributed by atoms with Gasteiger partial charge in [-0.15, -0.1) is 10.2 Å². The van der Waals surface area contributed by atoms with Crippen molar-refractivity contribution in [3.8, 4) is 11.6 Å². The summed E-state index contributed by atoms with van der Waals surface area (Å²) in [5.74, 6) is 1.66. The van der Waals surface area contributed by atoms with Crippen molar-refractivity contribution in [2.75, 3.05) is 30.8 Å². The molecule has 28 heavy (non-hydrogen) atoms. The van der Waals surface area contributed by atoms with Gasteiger partial charge in [0, 0.05) is 32.4 Å². The van der Waals surface area contributed by atoms with Crippen molar-refractivity contribution in [3.63, 3.8) is 0 Å². The van der Waals surface area contributed by atoms with Crippen LogP contribution in [-0.2, 0) is 11.3 Å². The number of benzene rings is 1. The van der Waals surface area contributed by atoms with Crippen LogP contribution in [0.4, 0.5) is 5.69 Å². The average Bonchev–Trinajstić information content (AvgIpc) is 3.39. The monoisotopic (exact) mass is 399 g/mol. The van der Waals surface area contributed by atoms with E-state index in [0.29, 0.717) is 35.6 Å². The fourth-order valence-electron chi connectivity index (χ4n) is 2.81. The SMILES string of the molecule is CCn1c(SCC(=O)NCCCN(C)c2ccccc2)nnc1-c1ccco1. The molecule has 0 unspecified atom stereocenters. The molecule has 3 rings (SSSR count). The van der Waals surface area contributed by atoms with Gasteiger partial charge in [-0.25, -0.2) is 0 Å². The van der Waals surface area contributed by atoms with Crippen molar-refractivity contribution in [1.82, 2.24) is 20.1 Å². The molecule has 0 aliphatic rings. The largest absolute Gasteiger partial charge is 0.461 e. The molecule has 1 N–H and O–H groups in total. The first-order chi connectivity index (χ1) is 13.7. The van der Waals surface area contributed by atoms with Crippen LogP contribution in [0.2, 0.25) is 0 Å². The molecule has 1 amide bonds. The fraction of sp³-hybridized carbons (Fsp3) is 0.350. The average molecular weight is 400 g/mol. The molecule has 2 heterocycles. The van der Waals surface area contributed by atoms with Gasteiger partial charge in [0.25, 0.3) is 0 Å². The highest BCUT2D eigenvalue weighted by molar-refractivity contribution is 7.99. The van der Waals surface area contributed by atoms with Gasteiger partial charge in [0.2, 0.25) is 5.91 Å². The van der Waals surface area contributed by atoms with Crippen molar-refractivity contribution in [3.05, 3.63) is 48.7 Å². The van der Waals surface area contributed by atoms with Gasteiger partial charge in [-0.3, -0.25) is 9.36 Å². The van der Waals surface area contributed by atoms with E-state index >= 15 is 0 Å². The first-order valence-electron chi connectivity index (χ1n) is 9.31. The number of rotatable bonds is 10. The third kappa shape index (κ3) is 5.16. The predicted octanol–water partition coefficient (Wildman–Crippen LogP) is 3.29. The number of nitrogens with one attached hydrogen (secondary N) is 1. The summed E-state index contributed by atoms with van der Waals surface area (Å²) in [6.45, 7) is 4.25. The Labute approximate surface area is 169 Å². The zero-order valence-electron chi connectivity index (χ0n) is 16.2. The predicted molar refractivity (Wildman–Crippen MR) is 111 cm³/mol. The number of thioether (sulfide) groups is 1. The van der Waals surface area contributed by atoms with Crippen molar-refractivity contribution in [2.24, 2.45) is 0 Å². The van der Waals surface area contributed by atoms with Crippen molar-refractivity contribution in [1.29, 1.82) is 0 Å². The molecule has 0 radical (unpaired) electrons. The maximum Gasteiger partial charge on any atom is 0.230 e. The quantitative estimate of drug-likeness (QED) is 0.416. The van der Waals surface area contributed by atoms with Crippen molar-refractivity contribution >= 4 is 23.4 Å². The van der Waals surface area contributed by atoms with E-state index in [1.165, 1.54) is 17.4 Å². The van der Waals surface area contributed by atoms with Crippen molar-refractivity contribution in [2.45, 2.75) is 25.0 Å². The summed E-state index contributed by atoms with van der Waals surface area (Å²) in [7, 11) is 2.06. The summed E-state index contributed by atoms with van der Waals surface area (Å²) in [4.78, 5) is 14.3. The van der Waals surface area contributed by atoms with Crippen LogP contribution in [0.25, 0.3) is 11.6 Å². The first-order valence-corrected chi connectivity index (χ1v) is 10.3. The number of amides is 1. The van der Waals surface area contributed by atoms with Gasteiger partial charge >= 0.3 is 0 Å². The molecule has 0 aliphatic heterocycles. The summed E-state index contributed by atoms with van der Waals surface area (Å²) in [5, 5.41) is 12.1. The highest BCUT2D eigenvalue weighted by Gasteiger charge is 2.16. The first kappa shape index (κ1) is 20.0. The number of furan rings is 1. The maximum atomic E-state index is 12.1. The zero-order valence-corrected chi connectivity index (χ0v) is 17.0. The maximum absolute atomic E-state index is 12.1. The summed E-state index contributed by atoms with van der Waals surface area (Å²) in [6, 6.07) is 13.9. The van der Waals surface area contributed by atoms with Crippen LogP contribution < -0.4 is 10.2 Å². The van der Waals surface area contributed by atoms with Crippen LogP contribution >= 0.6 is 11.8 Å². The van der Waals surface area contributed by atoms with Crippen LogP contribution in [-0.4, -0.2) is 46.6 Å². The summed E-state index contributed by atoms with van der Waals surface area (Å²) >= 11 is 1.38. The van der Waals surface area contributed by atoms with E-state index in [1.54, 1.807) is 6.26 Å². The second-order valence-electron chi connectivity index (χ2n) is 6.28. The lowest BCUT2D eigenvalue weighted by atomic mass is 10.3. The van der Waals surface area contributed by atoms with Crippen LogP contribution in [0, 0.1) is 0 Å². The third-order valence-electron chi connectivity index (χ3n) is 4.30. The summed E-state index contributed by atoms with van der Waals surface area (Å²) < 4.78 is 7.35. The van der Waals surface area contributed by atoms with Gasteiger partial charge in [0.15, 0.2) is 16.7 Å². The molecule has 0 spiro atoms. The van der Waals surface area contributed by atoms with Gasteiger partial charge < -0.3 is 14.6 Å². The van der Waals surface area contributed by atoms with Crippen LogP contribution in [0.15, 0.2) is 58.3 Å². The molecule has 8 heteroatoms. The van der Waals surface area contributed by atoms with Crippen LogP contribution in [0.5, 0.6) is 0 Å². The number of anilines is 1. The lowest BCUT2D eigenvalue weighted by Gasteiger charge is -2.19. The van der Waals surface area contributed by atoms with Crippen LogP contribution in [0.1, 0.15) is 13.3 Å². The van der Waals surface area contributed by atoms with E-state index in [1.807, 2.05) is 41.8 Å². The highest BCUT2D eigenvalue weighted by atomic mass is 32.2. The Kier molecular flexibility index (Phi) is 7.13. The minimum Gasteiger partial charge on any atom is -0.461 e. The molecule has 7 nitrogen and oxygen atoms in total. The molecule has 0 fully saturated rings. The summed E-state index contributed by atoms with van der Waals surface area (Å²) in [6.07, 6.45) is 2.50. The van der Waals surface area contributed by atoms with Crippen molar-refractivity contribution < 1.29 is 9.21 Å². The minimum absolute atomic E-state index is 0.00225. The Balaban J connectivity index is 1.41. The van der Waals surface area contributed by atoms with Gasteiger partial charge in [0.1, 0.15) is 0 Å².